The number of carbonyl (C=O) groups is 1. The minimum atomic E-state index is -0.336. The second-order valence-corrected chi connectivity index (χ2v) is 7.81. The molecule has 0 unspecified atom stereocenters. The summed E-state index contributed by atoms with van der Waals surface area (Å²) in [5.41, 5.74) is 11.8. The minimum Gasteiger partial charge on any atom is -0.462 e. The Hall–Kier alpha value is -3.60. The molecule has 1 aliphatic heterocycles. The van der Waals surface area contributed by atoms with Gasteiger partial charge in [-0.15, -0.1) is 0 Å². The Balaban J connectivity index is 2.16. The second-order valence-electron chi connectivity index (χ2n) is 7.81. The quantitative estimate of drug-likeness (QED) is 0.208. The Morgan fingerprint density at radius 2 is 1.75 bits per heavy atom. The van der Waals surface area contributed by atoms with Crippen molar-refractivity contribution in [3.8, 4) is 22.5 Å². The van der Waals surface area contributed by atoms with E-state index in [4.69, 9.17) is 14.9 Å². The van der Waals surface area contributed by atoms with E-state index in [1.54, 1.807) is 0 Å². The number of nitrogens with two attached hydrogens (primary N) is 1. The van der Waals surface area contributed by atoms with Gasteiger partial charge in [-0.1, -0.05) is 18.2 Å². The summed E-state index contributed by atoms with van der Waals surface area (Å²) < 4.78 is 14.0. The Morgan fingerprint density at radius 3 is 2.47 bits per heavy atom. The van der Waals surface area contributed by atoms with Crippen molar-refractivity contribution in [1.29, 1.82) is 0 Å². The van der Waals surface area contributed by atoms with Gasteiger partial charge in [-0.3, -0.25) is 0 Å². The van der Waals surface area contributed by atoms with E-state index in [-0.39, 0.29) is 5.97 Å². The van der Waals surface area contributed by atoms with Gasteiger partial charge in [0.1, 0.15) is 24.4 Å². The molecule has 0 aromatic heterocycles. The van der Waals surface area contributed by atoms with E-state index >= 15 is 0 Å². The first-order valence-corrected chi connectivity index (χ1v) is 11.1. The van der Waals surface area contributed by atoms with E-state index in [0.717, 1.165) is 51.8 Å². The first-order valence-electron chi connectivity index (χ1n) is 11.1. The van der Waals surface area contributed by atoms with Crippen molar-refractivity contribution in [2.45, 2.75) is 27.7 Å². The summed E-state index contributed by atoms with van der Waals surface area (Å²) in [4.78, 5) is 12.8. The van der Waals surface area contributed by atoms with Crippen LogP contribution in [-0.2, 0) is 4.74 Å². The molecule has 2 aromatic rings. The molecular weight excluding hydrogens is 400 g/mol. The molecule has 0 fully saturated rings. The topological polar surface area (TPSA) is 68.5 Å². The second kappa shape index (κ2) is 8.87. The van der Waals surface area contributed by atoms with E-state index in [0.29, 0.717) is 23.4 Å². The molecule has 4 rings (SSSR count). The number of hydrogen-bond acceptors (Lipinski definition) is 4. The average molecular weight is 430 g/mol. The summed E-state index contributed by atoms with van der Waals surface area (Å²) in [7, 11) is 0. The van der Waals surface area contributed by atoms with Crippen LogP contribution < -0.4 is 15.7 Å². The number of anilines is 1. The zero-order valence-corrected chi connectivity index (χ0v) is 19.1. The number of aryl methyl sites for hydroxylation is 1. The molecule has 0 saturated carbocycles. The van der Waals surface area contributed by atoms with E-state index < -0.39 is 0 Å². The molecule has 0 radical (unpaired) electrons. The molecule has 0 spiro atoms. The summed E-state index contributed by atoms with van der Waals surface area (Å²) in [6.07, 6.45) is 0. The Morgan fingerprint density at radius 1 is 1.00 bits per heavy atom. The van der Waals surface area contributed by atoms with Gasteiger partial charge in [-0.2, -0.15) is 0 Å². The molecule has 2 aromatic carbocycles. The van der Waals surface area contributed by atoms with Gasteiger partial charge >= 0.3 is 5.97 Å². The maximum atomic E-state index is 12.8. The summed E-state index contributed by atoms with van der Waals surface area (Å²) in [6, 6.07) is 17.5. The van der Waals surface area contributed by atoms with Crippen molar-refractivity contribution in [2.75, 3.05) is 25.4 Å². The number of rotatable bonds is 5. The molecule has 1 aliphatic carbocycles. The highest BCUT2D eigenvalue weighted by atomic mass is 16.5. The van der Waals surface area contributed by atoms with Crippen molar-refractivity contribution in [2.24, 2.45) is 0 Å². The van der Waals surface area contributed by atoms with Gasteiger partial charge in [0.05, 0.1) is 18.2 Å². The van der Waals surface area contributed by atoms with Gasteiger partial charge in [0.2, 0.25) is 5.36 Å². The van der Waals surface area contributed by atoms with Crippen molar-refractivity contribution in [3.63, 3.8) is 0 Å². The summed E-state index contributed by atoms with van der Waals surface area (Å²) in [5, 5.41) is 2.04. The average Bonchev–Trinajstić information content (AvgIpc) is 2.79. The van der Waals surface area contributed by atoms with Gasteiger partial charge in [0, 0.05) is 33.8 Å². The van der Waals surface area contributed by atoms with Gasteiger partial charge in [-0.25, -0.2) is 9.37 Å². The zero-order valence-electron chi connectivity index (χ0n) is 19.1. The molecule has 5 heteroatoms. The first kappa shape index (κ1) is 21.6. The molecule has 0 amide bonds. The Labute approximate surface area is 188 Å². The lowest BCUT2D eigenvalue weighted by atomic mass is 9.90. The van der Waals surface area contributed by atoms with Crippen molar-refractivity contribution < 1.29 is 13.9 Å². The summed E-state index contributed by atoms with van der Waals surface area (Å²) >= 11 is 0. The predicted octanol–water partition coefficient (Wildman–Crippen LogP) is 5.08. The molecule has 2 N–H and O–H groups in total. The molecule has 5 nitrogen and oxygen atoms in total. The van der Waals surface area contributed by atoms with Crippen LogP contribution in [0.3, 0.4) is 0 Å². The lowest BCUT2D eigenvalue weighted by molar-refractivity contribution is 0.0527. The van der Waals surface area contributed by atoms with Crippen LogP contribution in [0.25, 0.3) is 33.4 Å². The monoisotopic (exact) mass is 429 g/mol. The third kappa shape index (κ3) is 3.75. The molecule has 2 aliphatic rings. The molecular formula is C27H29N2O3+. The van der Waals surface area contributed by atoms with Gasteiger partial charge in [0.25, 0.3) is 0 Å². The Bertz CT molecular complexity index is 1340. The van der Waals surface area contributed by atoms with Crippen molar-refractivity contribution >= 4 is 22.6 Å². The van der Waals surface area contributed by atoms with Crippen LogP contribution in [-0.4, -0.2) is 25.7 Å². The number of nitrogen functional groups attached to an aromatic ring is 1. The van der Waals surface area contributed by atoms with Crippen LogP contribution >= 0.6 is 0 Å². The first-order chi connectivity index (χ1) is 15.5. The lowest BCUT2D eigenvalue weighted by Crippen LogP contribution is -2.31. The summed E-state index contributed by atoms with van der Waals surface area (Å²) in [5.74, 6) is 0.418. The number of fused-ring (bicyclic) bond motifs is 2. The van der Waals surface area contributed by atoms with Crippen LogP contribution in [0.1, 0.15) is 36.7 Å². The number of carbonyl (C=O) groups excluding carboxylic acids is 1. The standard InChI is InChI=1S/C27H28N2O3/c1-5-29(6-2)23-16-25-22(14-17(23)4)26(21-13-12-18(28)15-24(21)32-25)19-10-8-9-11-20(19)27(30)31-7-3/h8-16,28H,5-7H2,1-4H3/p+1. The van der Waals surface area contributed by atoms with E-state index in [1.807, 2.05) is 49.4 Å². The molecule has 32 heavy (non-hydrogen) atoms. The number of esters is 1. The van der Waals surface area contributed by atoms with Crippen LogP contribution in [0.2, 0.25) is 0 Å². The minimum absolute atomic E-state index is 0.321. The lowest BCUT2D eigenvalue weighted by Gasteiger charge is -2.18. The fourth-order valence-corrected chi connectivity index (χ4v) is 4.33. The number of benzene rings is 3. The Kier molecular flexibility index (Phi) is 5.99. The molecule has 1 heterocycles. The number of hydrogen-bond donors (Lipinski definition) is 1. The van der Waals surface area contributed by atoms with Crippen LogP contribution in [0.5, 0.6) is 0 Å². The third-order valence-corrected chi connectivity index (χ3v) is 5.86. The maximum absolute atomic E-state index is 12.8. The summed E-state index contributed by atoms with van der Waals surface area (Å²) in [6.45, 7) is 10.3. The molecule has 164 valence electrons. The van der Waals surface area contributed by atoms with Crippen LogP contribution in [0.4, 0.5) is 5.69 Å². The molecule has 0 bridgehead atoms. The number of nitrogens with zero attached hydrogens (tertiary/aromatic N) is 1. The largest absolute Gasteiger partial charge is 0.462 e. The number of ether oxygens (including phenoxy) is 1. The maximum Gasteiger partial charge on any atom is 0.338 e. The fraction of sp³-hybridized carbons (Fsp3) is 0.259. The smallest absolute Gasteiger partial charge is 0.338 e. The van der Waals surface area contributed by atoms with E-state index in [2.05, 4.69) is 37.5 Å². The van der Waals surface area contributed by atoms with Crippen molar-refractivity contribution in [3.05, 3.63) is 71.1 Å². The fourth-order valence-electron chi connectivity index (χ4n) is 4.33. The van der Waals surface area contributed by atoms with Crippen molar-refractivity contribution in [1.82, 2.24) is 4.58 Å². The van der Waals surface area contributed by atoms with Crippen LogP contribution in [0, 0.1) is 6.92 Å². The predicted molar refractivity (Wildman–Crippen MR) is 130 cm³/mol. The third-order valence-electron chi connectivity index (χ3n) is 5.86. The highest BCUT2D eigenvalue weighted by molar-refractivity contribution is 6.08. The molecule has 0 saturated heterocycles. The highest BCUT2D eigenvalue weighted by Gasteiger charge is 2.23. The van der Waals surface area contributed by atoms with Gasteiger partial charge in [-0.05, 0) is 57.5 Å². The van der Waals surface area contributed by atoms with Gasteiger partial charge < -0.3 is 14.9 Å². The zero-order chi connectivity index (χ0) is 22.8. The van der Waals surface area contributed by atoms with Gasteiger partial charge in [0.15, 0.2) is 0 Å². The van der Waals surface area contributed by atoms with E-state index in [9.17, 15) is 4.79 Å². The molecule has 0 atom stereocenters. The van der Waals surface area contributed by atoms with Crippen LogP contribution in [0.15, 0.2) is 59.0 Å². The SMILES string of the molecule is CCOC(=O)c1ccccc1-c1c2cc(C)c(=[N+](CC)CC)cc-2oc2cc(N)ccc12. The highest BCUT2D eigenvalue weighted by Crippen LogP contribution is 2.42. The van der Waals surface area contributed by atoms with E-state index in [1.165, 1.54) is 0 Å². The normalized spacial score (nSPS) is 11.1.